The molecule has 0 aliphatic carbocycles. The van der Waals surface area contributed by atoms with Crippen LogP contribution in [-0.2, 0) is 19.0 Å². The molecule has 0 aromatic heterocycles. The number of aliphatic carboxylic acids is 1. The Balaban J connectivity index is 1.84. The third kappa shape index (κ3) is 3.00. The predicted molar refractivity (Wildman–Crippen MR) is 75.2 cm³/mol. The van der Waals surface area contributed by atoms with Crippen molar-refractivity contribution >= 4 is 5.97 Å². The summed E-state index contributed by atoms with van der Waals surface area (Å²) in [5, 5.41) is 22.8. The van der Waals surface area contributed by atoms with Gasteiger partial charge in [-0.05, 0) is 5.53 Å². The highest BCUT2D eigenvalue weighted by atomic mass is 16.7. The Bertz CT molecular complexity index is 620. The molecule has 0 unspecified atom stereocenters. The van der Waals surface area contributed by atoms with Crippen LogP contribution in [0.5, 0.6) is 0 Å². The molecule has 2 aliphatic rings. The number of rotatable bonds is 3. The Morgan fingerprint density at radius 2 is 2.04 bits per heavy atom. The predicted octanol–water partition coefficient (Wildman–Crippen LogP) is 0.992. The molecule has 0 saturated carbocycles. The van der Waals surface area contributed by atoms with Gasteiger partial charge in [0.25, 0.3) is 0 Å². The zero-order valence-electron chi connectivity index (χ0n) is 11.9. The number of azide groups is 1. The highest BCUT2D eigenvalue weighted by Gasteiger charge is 2.51. The van der Waals surface area contributed by atoms with Crippen LogP contribution in [-0.4, -0.2) is 53.2 Å². The number of ether oxygens (including phenoxy) is 3. The van der Waals surface area contributed by atoms with E-state index in [9.17, 15) is 9.90 Å². The van der Waals surface area contributed by atoms with Gasteiger partial charge in [0.05, 0.1) is 12.6 Å². The first-order valence-corrected chi connectivity index (χ1v) is 7.04. The molecule has 0 radical (unpaired) electrons. The van der Waals surface area contributed by atoms with E-state index in [0.717, 1.165) is 5.56 Å². The first-order valence-electron chi connectivity index (χ1n) is 7.04. The van der Waals surface area contributed by atoms with Gasteiger partial charge in [0.15, 0.2) is 12.4 Å². The summed E-state index contributed by atoms with van der Waals surface area (Å²) in [6, 6.07) is 8.05. The second kappa shape index (κ2) is 6.53. The van der Waals surface area contributed by atoms with Crippen LogP contribution >= 0.6 is 0 Å². The van der Waals surface area contributed by atoms with Crippen LogP contribution in [0.15, 0.2) is 35.4 Å². The van der Waals surface area contributed by atoms with Crippen molar-refractivity contribution in [3.8, 4) is 0 Å². The van der Waals surface area contributed by atoms with Crippen molar-refractivity contribution in [1.29, 1.82) is 0 Å². The lowest BCUT2D eigenvalue weighted by atomic mass is 9.92. The summed E-state index contributed by atoms with van der Waals surface area (Å²) in [5.41, 5.74) is 9.47. The van der Waals surface area contributed by atoms with E-state index < -0.39 is 42.7 Å². The molecular formula is C14H15N3O6. The maximum atomic E-state index is 11.2. The van der Waals surface area contributed by atoms with Crippen molar-refractivity contribution < 1.29 is 29.2 Å². The van der Waals surface area contributed by atoms with Gasteiger partial charge in [-0.2, -0.15) is 0 Å². The minimum Gasteiger partial charge on any atom is -0.479 e. The standard InChI is InChI=1S/C14H15N3O6/c15-17-16-9-10(18)12(13(19)20)22-8-6-21-14(23-11(8)9)7-4-2-1-3-5-7/h1-5,8-12,14,18H,6H2,(H,19,20)/t8-,9-,10-,11+,12-,14+/m1/s1. The van der Waals surface area contributed by atoms with E-state index in [1.54, 1.807) is 0 Å². The average Bonchev–Trinajstić information content (AvgIpc) is 2.57. The fourth-order valence-corrected chi connectivity index (χ4v) is 2.79. The largest absolute Gasteiger partial charge is 0.479 e. The number of hydrogen-bond acceptors (Lipinski definition) is 6. The Hall–Kier alpha value is -2.16. The summed E-state index contributed by atoms with van der Waals surface area (Å²) >= 11 is 0. The van der Waals surface area contributed by atoms with Crippen LogP contribution in [0.4, 0.5) is 0 Å². The van der Waals surface area contributed by atoms with Crippen molar-refractivity contribution in [2.45, 2.75) is 36.7 Å². The fraction of sp³-hybridized carbons (Fsp3) is 0.500. The average molecular weight is 321 g/mol. The maximum absolute atomic E-state index is 11.2. The highest BCUT2D eigenvalue weighted by Crippen LogP contribution is 2.35. The van der Waals surface area contributed by atoms with Crippen LogP contribution < -0.4 is 0 Å². The third-order valence-electron chi connectivity index (χ3n) is 3.88. The minimum absolute atomic E-state index is 0.0676. The number of aliphatic hydroxyl groups excluding tert-OH is 1. The van der Waals surface area contributed by atoms with Gasteiger partial charge >= 0.3 is 5.97 Å². The van der Waals surface area contributed by atoms with E-state index in [2.05, 4.69) is 10.0 Å². The van der Waals surface area contributed by atoms with Crippen molar-refractivity contribution in [3.63, 3.8) is 0 Å². The molecule has 9 nitrogen and oxygen atoms in total. The third-order valence-corrected chi connectivity index (χ3v) is 3.88. The Morgan fingerprint density at radius 3 is 2.70 bits per heavy atom. The lowest BCUT2D eigenvalue weighted by molar-refractivity contribution is -0.304. The summed E-state index contributed by atoms with van der Waals surface area (Å²) < 4.78 is 16.7. The van der Waals surface area contributed by atoms with E-state index in [1.807, 2.05) is 30.3 Å². The van der Waals surface area contributed by atoms with Crippen LogP contribution in [0, 0.1) is 0 Å². The quantitative estimate of drug-likeness (QED) is 0.484. The Kier molecular flexibility index (Phi) is 4.46. The molecule has 2 heterocycles. The molecule has 0 amide bonds. The monoisotopic (exact) mass is 321 g/mol. The van der Waals surface area contributed by atoms with Gasteiger partial charge in [0, 0.05) is 10.5 Å². The van der Waals surface area contributed by atoms with Gasteiger partial charge < -0.3 is 24.4 Å². The lowest BCUT2D eigenvalue weighted by Crippen LogP contribution is -2.62. The Morgan fingerprint density at radius 1 is 1.30 bits per heavy atom. The molecule has 1 aromatic rings. The minimum atomic E-state index is -1.50. The molecule has 2 N–H and O–H groups in total. The number of benzene rings is 1. The van der Waals surface area contributed by atoms with Crippen LogP contribution in [0.25, 0.3) is 10.4 Å². The van der Waals surface area contributed by atoms with E-state index in [4.69, 9.17) is 24.8 Å². The summed E-state index contributed by atoms with van der Waals surface area (Å²) in [5.74, 6) is -1.33. The van der Waals surface area contributed by atoms with E-state index in [0.29, 0.717) is 0 Å². The van der Waals surface area contributed by atoms with Gasteiger partial charge in [0.1, 0.15) is 18.3 Å². The summed E-state index contributed by atoms with van der Waals surface area (Å²) in [6.45, 7) is 0.0676. The van der Waals surface area contributed by atoms with Crippen molar-refractivity contribution in [2.75, 3.05) is 6.61 Å². The maximum Gasteiger partial charge on any atom is 0.335 e. The molecule has 122 valence electrons. The molecule has 3 rings (SSSR count). The molecule has 1 aromatic carbocycles. The van der Waals surface area contributed by atoms with E-state index in [-0.39, 0.29) is 6.61 Å². The Labute approximate surface area is 131 Å². The number of carbonyl (C=O) groups is 1. The van der Waals surface area contributed by atoms with Crippen LogP contribution in [0.3, 0.4) is 0 Å². The van der Waals surface area contributed by atoms with Gasteiger partial charge in [-0.15, -0.1) is 0 Å². The topological polar surface area (TPSA) is 134 Å². The fourth-order valence-electron chi connectivity index (χ4n) is 2.79. The number of nitrogens with zero attached hydrogens (tertiary/aromatic N) is 3. The smallest absolute Gasteiger partial charge is 0.335 e. The zero-order valence-corrected chi connectivity index (χ0v) is 11.9. The molecule has 2 aliphatic heterocycles. The van der Waals surface area contributed by atoms with E-state index in [1.165, 1.54) is 0 Å². The molecule has 2 saturated heterocycles. The number of carboxylic acid groups (broad SMARTS) is 1. The van der Waals surface area contributed by atoms with Crippen molar-refractivity contribution in [2.24, 2.45) is 5.11 Å². The zero-order chi connectivity index (χ0) is 16.4. The van der Waals surface area contributed by atoms with Gasteiger partial charge in [-0.25, -0.2) is 4.79 Å². The van der Waals surface area contributed by atoms with Crippen LogP contribution in [0.2, 0.25) is 0 Å². The summed E-state index contributed by atoms with van der Waals surface area (Å²) in [6.07, 6.45) is -5.23. The molecule has 9 heteroatoms. The first kappa shape index (κ1) is 15.7. The molecule has 6 atom stereocenters. The first-order chi connectivity index (χ1) is 11.1. The molecular weight excluding hydrogens is 306 g/mol. The molecule has 0 spiro atoms. The van der Waals surface area contributed by atoms with Gasteiger partial charge in [-0.3, -0.25) is 0 Å². The van der Waals surface area contributed by atoms with Crippen LogP contribution in [0.1, 0.15) is 11.9 Å². The van der Waals surface area contributed by atoms with E-state index >= 15 is 0 Å². The molecule has 23 heavy (non-hydrogen) atoms. The number of aliphatic hydroxyl groups is 1. The molecule has 0 bridgehead atoms. The van der Waals surface area contributed by atoms with Crippen molar-refractivity contribution in [3.05, 3.63) is 46.3 Å². The summed E-state index contributed by atoms with van der Waals surface area (Å²) in [4.78, 5) is 13.9. The van der Waals surface area contributed by atoms with Crippen molar-refractivity contribution in [1.82, 2.24) is 0 Å². The SMILES string of the molecule is [N-]=[N+]=N[C@@H]1[C@@H](O)[C@H](C(=O)O)O[C@@H]2CO[C@H](c3ccccc3)O[C@H]12. The highest BCUT2D eigenvalue weighted by molar-refractivity contribution is 5.73. The lowest BCUT2D eigenvalue weighted by Gasteiger charge is -2.45. The number of carboxylic acids is 1. The van der Waals surface area contributed by atoms with Gasteiger partial charge in [0.2, 0.25) is 0 Å². The second-order valence-corrected chi connectivity index (χ2v) is 5.30. The summed E-state index contributed by atoms with van der Waals surface area (Å²) in [7, 11) is 0. The number of fused-ring (bicyclic) bond motifs is 1. The number of hydrogen-bond donors (Lipinski definition) is 2. The normalized spacial score (nSPS) is 36.6. The molecule has 2 fully saturated rings. The second-order valence-electron chi connectivity index (χ2n) is 5.30. The van der Waals surface area contributed by atoms with Gasteiger partial charge in [-0.1, -0.05) is 35.4 Å².